The van der Waals surface area contributed by atoms with E-state index in [2.05, 4.69) is 11.9 Å². The highest BCUT2D eigenvalue weighted by Crippen LogP contribution is 2.30. The molecule has 1 aromatic rings. The quantitative estimate of drug-likeness (QED) is 0.448. The Kier molecular flexibility index (Phi) is 7.80. The lowest BCUT2D eigenvalue weighted by molar-refractivity contribution is 0.293. The van der Waals surface area contributed by atoms with Gasteiger partial charge in [0.25, 0.3) is 0 Å². The van der Waals surface area contributed by atoms with E-state index in [4.69, 9.17) is 39.5 Å². The van der Waals surface area contributed by atoms with Crippen LogP contribution < -0.4 is 4.74 Å². The molecule has 1 heterocycles. The highest BCUT2D eigenvalue weighted by atomic mass is 35.5. The minimum Gasteiger partial charge on any atom is -0.477 e. The van der Waals surface area contributed by atoms with Crippen molar-refractivity contribution in [2.45, 2.75) is 45.4 Å². The van der Waals surface area contributed by atoms with Gasteiger partial charge in [0.15, 0.2) is 5.15 Å². The van der Waals surface area contributed by atoms with Crippen LogP contribution in [-0.2, 0) is 0 Å². The van der Waals surface area contributed by atoms with Crippen LogP contribution in [0.2, 0.25) is 15.2 Å². The molecular formula is C13H18Cl3NO. The molecule has 5 heteroatoms. The zero-order valence-electron chi connectivity index (χ0n) is 10.5. The second kappa shape index (κ2) is 8.84. The van der Waals surface area contributed by atoms with Gasteiger partial charge in [-0.1, -0.05) is 73.8 Å². The topological polar surface area (TPSA) is 22.1 Å². The second-order valence-corrected chi connectivity index (χ2v) is 5.34. The first-order valence-corrected chi connectivity index (χ1v) is 7.43. The number of pyridine rings is 1. The third-order valence-corrected chi connectivity index (χ3v) is 3.53. The van der Waals surface area contributed by atoms with Gasteiger partial charge in [-0.2, -0.15) is 4.98 Å². The molecule has 0 aliphatic rings. The fourth-order valence-corrected chi connectivity index (χ4v) is 2.13. The van der Waals surface area contributed by atoms with Gasteiger partial charge < -0.3 is 4.74 Å². The first-order valence-electron chi connectivity index (χ1n) is 6.29. The van der Waals surface area contributed by atoms with Crippen molar-refractivity contribution >= 4 is 34.8 Å². The molecule has 0 aliphatic heterocycles. The van der Waals surface area contributed by atoms with E-state index in [-0.39, 0.29) is 5.15 Å². The van der Waals surface area contributed by atoms with Crippen molar-refractivity contribution < 1.29 is 4.74 Å². The number of ether oxygens (including phenoxy) is 1. The molecule has 0 atom stereocenters. The predicted molar refractivity (Wildman–Crippen MR) is 78.1 cm³/mol. The fraction of sp³-hybridized carbons (Fsp3) is 0.615. The minimum atomic E-state index is 0.221. The number of unbranched alkanes of at least 4 members (excludes halogenated alkanes) is 5. The summed E-state index contributed by atoms with van der Waals surface area (Å²) in [6.45, 7) is 2.82. The number of aromatic nitrogens is 1. The Labute approximate surface area is 124 Å². The van der Waals surface area contributed by atoms with E-state index in [1.54, 1.807) is 6.07 Å². The molecule has 0 amide bonds. The molecule has 0 saturated heterocycles. The molecule has 0 saturated carbocycles. The lowest BCUT2D eigenvalue weighted by Crippen LogP contribution is -2.00. The van der Waals surface area contributed by atoms with E-state index in [1.807, 2.05) is 0 Å². The maximum absolute atomic E-state index is 5.95. The summed E-state index contributed by atoms with van der Waals surface area (Å²) in [4.78, 5) is 4.00. The Morgan fingerprint density at radius 1 is 1.00 bits per heavy atom. The van der Waals surface area contributed by atoms with E-state index < -0.39 is 0 Å². The zero-order valence-corrected chi connectivity index (χ0v) is 12.8. The lowest BCUT2D eigenvalue weighted by Gasteiger charge is -2.07. The van der Waals surface area contributed by atoms with Gasteiger partial charge in [0.2, 0.25) is 5.88 Å². The van der Waals surface area contributed by atoms with Gasteiger partial charge in [-0.05, 0) is 12.5 Å². The summed E-state index contributed by atoms with van der Waals surface area (Å²) in [6.07, 6.45) is 7.28. The van der Waals surface area contributed by atoms with Crippen LogP contribution in [0, 0.1) is 0 Å². The second-order valence-electron chi connectivity index (χ2n) is 4.16. The maximum atomic E-state index is 5.95. The SMILES string of the molecule is CCCCCCCCOc1nc(Cl)c(Cl)cc1Cl. The molecule has 0 unspecified atom stereocenters. The molecule has 18 heavy (non-hydrogen) atoms. The molecule has 0 fully saturated rings. The Balaban J connectivity index is 2.25. The third-order valence-electron chi connectivity index (χ3n) is 2.59. The van der Waals surface area contributed by atoms with Gasteiger partial charge in [-0.3, -0.25) is 0 Å². The monoisotopic (exact) mass is 309 g/mol. The molecule has 0 spiro atoms. The Morgan fingerprint density at radius 2 is 1.67 bits per heavy atom. The molecule has 0 aliphatic carbocycles. The number of hydrogen-bond acceptors (Lipinski definition) is 2. The van der Waals surface area contributed by atoms with E-state index in [1.165, 1.54) is 32.1 Å². The molecule has 102 valence electrons. The molecule has 0 N–H and O–H groups in total. The standard InChI is InChI=1S/C13H18Cl3NO/c1-2-3-4-5-6-7-8-18-13-11(15)9-10(14)12(16)17-13/h9H,2-8H2,1H3. The highest BCUT2D eigenvalue weighted by molar-refractivity contribution is 6.42. The Hall–Kier alpha value is -0.180. The van der Waals surface area contributed by atoms with Crippen LogP contribution in [0.25, 0.3) is 0 Å². The van der Waals surface area contributed by atoms with Crippen molar-refractivity contribution in [2.75, 3.05) is 6.61 Å². The molecule has 1 aromatic heterocycles. The van der Waals surface area contributed by atoms with Crippen molar-refractivity contribution in [3.05, 3.63) is 21.3 Å². The summed E-state index contributed by atoms with van der Waals surface area (Å²) in [5.74, 6) is 0.361. The van der Waals surface area contributed by atoms with Gasteiger partial charge in [0.1, 0.15) is 5.02 Å². The smallest absolute Gasteiger partial charge is 0.234 e. The first kappa shape index (κ1) is 15.9. The molecule has 2 nitrogen and oxygen atoms in total. The minimum absolute atomic E-state index is 0.221. The molecular weight excluding hydrogens is 293 g/mol. The largest absolute Gasteiger partial charge is 0.477 e. The van der Waals surface area contributed by atoms with Crippen LogP contribution in [-0.4, -0.2) is 11.6 Å². The Morgan fingerprint density at radius 3 is 2.39 bits per heavy atom. The normalized spacial score (nSPS) is 10.7. The van der Waals surface area contributed by atoms with Crippen molar-refractivity contribution in [2.24, 2.45) is 0 Å². The van der Waals surface area contributed by atoms with Crippen LogP contribution >= 0.6 is 34.8 Å². The van der Waals surface area contributed by atoms with Crippen molar-refractivity contribution in [1.82, 2.24) is 4.98 Å². The van der Waals surface area contributed by atoms with Gasteiger partial charge >= 0.3 is 0 Å². The van der Waals surface area contributed by atoms with Crippen molar-refractivity contribution in [3.8, 4) is 5.88 Å². The average Bonchev–Trinajstić information content (AvgIpc) is 2.34. The maximum Gasteiger partial charge on any atom is 0.234 e. The van der Waals surface area contributed by atoms with Gasteiger partial charge in [-0.25, -0.2) is 0 Å². The van der Waals surface area contributed by atoms with Gasteiger partial charge in [0, 0.05) is 0 Å². The molecule has 0 bridgehead atoms. The van der Waals surface area contributed by atoms with Crippen LogP contribution in [0.5, 0.6) is 5.88 Å². The summed E-state index contributed by atoms with van der Waals surface area (Å²) in [6, 6.07) is 1.55. The van der Waals surface area contributed by atoms with Crippen LogP contribution in [0.15, 0.2) is 6.07 Å². The van der Waals surface area contributed by atoms with E-state index >= 15 is 0 Å². The summed E-state index contributed by atoms with van der Waals surface area (Å²) >= 11 is 17.5. The van der Waals surface area contributed by atoms with Crippen LogP contribution in [0.3, 0.4) is 0 Å². The van der Waals surface area contributed by atoms with Crippen LogP contribution in [0.4, 0.5) is 0 Å². The summed E-state index contributed by atoms with van der Waals surface area (Å²) in [7, 11) is 0. The zero-order chi connectivity index (χ0) is 13.4. The summed E-state index contributed by atoms with van der Waals surface area (Å²) < 4.78 is 5.49. The van der Waals surface area contributed by atoms with Gasteiger partial charge in [-0.15, -0.1) is 0 Å². The van der Waals surface area contributed by atoms with Crippen molar-refractivity contribution in [3.63, 3.8) is 0 Å². The predicted octanol–water partition coefficient (Wildman–Crippen LogP) is 5.78. The Bertz CT molecular complexity index is 371. The average molecular weight is 311 g/mol. The summed E-state index contributed by atoms with van der Waals surface area (Å²) in [5, 5.41) is 0.961. The summed E-state index contributed by atoms with van der Waals surface area (Å²) in [5.41, 5.74) is 0. The fourth-order valence-electron chi connectivity index (χ4n) is 1.58. The first-order chi connectivity index (χ1) is 8.65. The third kappa shape index (κ3) is 5.64. The molecule has 1 rings (SSSR count). The number of rotatable bonds is 8. The number of nitrogens with zero attached hydrogens (tertiary/aromatic N) is 1. The van der Waals surface area contributed by atoms with Crippen molar-refractivity contribution in [1.29, 1.82) is 0 Å². The molecule has 0 radical (unpaired) electrons. The molecule has 0 aromatic carbocycles. The lowest BCUT2D eigenvalue weighted by atomic mass is 10.1. The highest BCUT2D eigenvalue weighted by Gasteiger charge is 2.08. The van der Waals surface area contributed by atoms with E-state index in [9.17, 15) is 0 Å². The van der Waals surface area contributed by atoms with E-state index in [0.717, 1.165) is 6.42 Å². The van der Waals surface area contributed by atoms with Gasteiger partial charge in [0.05, 0.1) is 11.6 Å². The van der Waals surface area contributed by atoms with Crippen LogP contribution in [0.1, 0.15) is 45.4 Å². The number of hydrogen-bond donors (Lipinski definition) is 0. The number of halogens is 3. The van der Waals surface area contributed by atoms with E-state index in [0.29, 0.717) is 22.5 Å².